The molecule has 0 radical (unpaired) electrons. The van der Waals surface area contributed by atoms with Gasteiger partial charge in [-0.05, 0) is 48.9 Å². The lowest BCUT2D eigenvalue weighted by Crippen LogP contribution is -2.49. The van der Waals surface area contributed by atoms with Crippen LogP contribution in [0.2, 0.25) is 0 Å². The van der Waals surface area contributed by atoms with E-state index in [-0.39, 0.29) is 11.5 Å². The highest BCUT2D eigenvalue weighted by Crippen LogP contribution is 2.25. The van der Waals surface area contributed by atoms with Crippen molar-refractivity contribution in [2.45, 2.75) is 6.92 Å². The molecular weight excluding hydrogens is 378 g/mol. The summed E-state index contributed by atoms with van der Waals surface area (Å²) >= 11 is 3.46. The summed E-state index contributed by atoms with van der Waals surface area (Å²) in [5, 5.41) is 0. The third-order valence-corrected chi connectivity index (χ3v) is 4.73. The van der Waals surface area contributed by atoms with Gasteiger partial charge in [0.05, 0.1) is 0 Å². The first-order valence-electron chi connectivity index (χ1n) is 7.71. The predicted molar refractivity (Wildman–Crippen MR) is 93.4 cm³/mol. The van der Waals surface area contributed by atoms with Gasteiger partial charge in [0.15, 0.2) is 11.6 Å². The fourth-order valence-electron chi connectivity index (χ4n) is 2.94. The molecule has 0 aliphatic carbocycles. The van der Waals surface area contributed by atoms with Gasteiger partial charge in [0.2, 0.25) is 0 Å². The number of hydrogen-bond acceptors (Lipinski definition) is 2. The fourth-order valence-corrected chi connectivity index (χ4v) is 3.41. The van der Waals surface area contributed by atoms with Gasteiger partial charge in [0, 0.05) is 41.9 Å². The lowest BCUT2D eigenvalue weighted by molar-refractivity contribution is 0.0746. The maximum atomic E-state index is 13.3. The number of carbonyl (C=O) groups is 1. The number of anilines is 1. The molecule has 1 saturated heterocycles. The summed E-state index contributed by atoms with van der Waals surface area (Å²) in [5.41, 5.74) is 2.50. The average Bonchev–Trinajstić information content (AvgIpc) is 2.57. The van der Waals surface area contributed by atoms with E-state index in [1.807, 2.05) is 6.07 Å². The van der Waals surface area contributed by atoms with E-state index in [0.29, 0.717) is 26.2 Å². The third-order valence-electron chi connectivity index (χ3n) is 4.23. The second-order valence-electron chi connectivity index (χ2n) is 5.84. The first-order chi connectivity index (χ1) is 11.5. The Bertz CT molecular complexity index is 774. The molecule has 126 valence electrons. The van der Waals surface area contributed by atoms with E-state index in [1.165, 1.54) is 11.6 Å². The van der Waals surface area contributed by atoms with Crippen LogP contribution in [0.3, 0.4) is 0 Å². The Morgan fingerprint density at radius 2 is 1.71 bits per heavy atom. The van der Waals surface area contributed by atoms with Crippen molar-refractivity contribution in [3.63, 3.8) is 0 Å². The molecule has 1 heterocycles. The van der Waals surface area contributed by atoms with E-state index in [9.17, 15) is 13.6 Å². The van der Waals surface area contributed by atoms with Crippen LogP contribution in [0, 0.1) is 18.6 Å². The SMILES string of the molecule is Cc1cc(Br)ccc1N1CCN(C(=O)c2ccc(F)c(F)c2)CC1. The molecule has 1 amide bonds. The molecule has 1 aliphatic heterocycles. The minimum absolute atomic E-state index is 0.183. The molecule has 0 spiro atoms. The normalized spacial score (nSPS) is 14.8. The Labute approximate surface area is 148 Å². The molecule has 6 heteroatoms. The standard InChI is InChI=1S/C18H17BrF2N2O/c1-12-10-14(19)3-5-17(12)22-6-8-23(9-7-22)18(24)13-2-4-15(20)16(21)11-13/h2-5,10-11H,6-9H2,1H3. The zero-order valence-electron chi connectivity index (χ0n) is 13.2. The number of amides is 1. The molecule has 0 aromatic heterocycles. The van der Waals surface area contributed by atoms with Crippen LogP contribution in [-0.4, -0.2) is 37.0 Å². The summed E-state index contributed by atoms with van der Waals surface area (Å²) in [6, 6.07) is 9.40. The second kappa shape index (κ2) is 6.89. The number of carbonyl (C=O) groups excluding carboxylic acids is 1. The third kappa shape index (κ3) is 3.43. The van der Waals surface area contributed by atoms with Gasteiger partial charge >= 0.3 is 0 Å². The van der Waals surface area contributed by atoms with Crippen molar-refractivity contribution in [1.29, 1.82) is 0 Å². The Morgan fingerprint density at radius 3 is 2.33 bits per heavy atom. The Kier molecular flexibility index (Phi) is 4.85. The van der Waals surface area contributed by atoms with E-state index in [4.69, 9.17) is 0 Å². The molecule has 2 aromatic rings. The fraction of sp³-hybridized carbons (Fsp3) is 0.278. The van der Waals surface area contributed by atoms with Crippen LogP contribution in [0.1, 0.15) is 15.9 Å². The number of rotatable bonds is 2. The van der Waals surface area contributed by atoms with Crippen LogP contribution in [0.5, 0.6) is 0 Å². The highest BCUT2D eigenvalue weighted by atomic mass is 79.9. The number of benzene rings is 2. The highest BCUT2D eigenvalue weighted by molar-refractivity contribution is 9.10. The van der Waals surface area contributed by atoms with Crippen molar-refractivity contribution < 1.29 is 13.6 Å². The van der Waals surface area contributed by atoms with Gasteiger partial charge in [-0.3, -0.25) is 4.79 Å². The quantitative estimate of drug-likeness (QED) is 0.768. The van der Waals surface area contributed by atoms with Gasteiger partial charge < -0.3 is 9.80 Å². The van der Waals surface area contributed by atoms with E-state index < -0.39 is 11.6 Å². The molecule has 3 rings (SSSR count). The molecule has 3 nitrogen and oxygen atoms in total. The summed E-state index contributed by atoms with van der Waals surface area (Å²) < 4.78 is 27.3. The zero-order valence-corrected chi connectivity index (χ0v) is 14.8. The minimum Gasteiger partial charge on any atom is -0.368 e. The largest absolute Gasteiger partial charge is 0.368 e. The van der Waals surface area contributed by atoms with Crippen LogP contribution in [0.25, 0.3) is 0 Å². The summed E-state index contributed by atoms with van der Waals surface area (Å²) in [7, 11) is 0. The van der Waals surface area contributed by atoms with Gasteiger partial charge in [0.1, 0.15) is 0 Å². The molecule has 24 heavy (non-hydrogen) atoms. The zero-order chi connectivity index (χ0) is 17.3. The Balaban J connectivity index is 1.68. The van der Waals surface area contributed by atoms with Crippen LogP contribution in [0.15, 0.2) is 40.9 Å². The lowest BCUT2D eigenvalue weighted by Gasteiger charge is -2.37. The van der Waals surface area contributed by atoms with E-state index >= 15 is 0 Å². The Hall–Kier alpha value is -1.95. The van der Waals surface area contributed by atoms with Gasteiger partial charge in [-0.1, -0.05) is 15.9 Å². The van der Waals surface area contributed by atoms with Crippen molar-refractivity contribution in [3.05, 3.63) is 63.6 Å². The molecule has 1 fully saturated rings. The number of piperazine rings is 1. The van der Waals surface area contributed by atoms with Crippen molar-refractivity contribution in [1.82, 2.24) is 4.90 Å². The molecule has 2 aromatic carbocycles. The maximum Gasteiger partial charge on any atom is 0.254 e. The highest BCUT2D eigenvalue weighted by Gasteiger charge is 2.23. The van der Waals surface area contributed by atoms with Crippen LogP contribution >= 0.6 is 15.9 Å². The van der Waals surface area contributed by atoms with Gasteiger partial charge in [0.25, 0.3) is 5.91 Å². The predicted octanol–water partition coefficient (Wildman–Crippen LogP) is 4.00. The summed E-state index contributed by atoms with van der Waals surface area (Å²) in [6.45, 7) is 4.56. The first kappa shape index (κ1) is 16.9. The van der Waals surface area contributed by atoms with Crippen LogP contribution in [0.4, 0.5) is 14.5 Å². The van der Waals surface area contributed by atoms with Crippen molar-refractivity contribution >= 4 is 27.5 Å². The van der Waals surface area contributed by atoms with E-state index in [0.717, 1.165) is 22.3 Å². The smallest absolute Gasteiger partial charge is 0.254 e. The molecule has 0 unspecified atom stereocenters. The maximum absolute atomic E-state index is 13.3. The van der Waals surface area contributed by atoms with Crippen LogP contribution in [-0.2, 0) is 0 Å². The first-order valence-corrected chi connectivity index (χ1v) is 8.50. The molecule has 0 atom stereocenters. The van der Waals surface area contributed by atoms with E-state index in [2.05, 4.69) is 39.9 Å². The molecular formula is C18H17BrF2N2O. The number of halogens is 3. The van der Waals surface area contributed by atoms with Crippen molar-refractivity contribution in [2.24, 2.45) is 0 Å². The molecule has 0 saturated carbocycles. The van der Waals surface area contributed by atoms with Gasteiger partial charge in [-0.25, -0.2) is 8.78 Å². The van der Waals surface area contributed by atoms with Crippen molar-refractivity contribution in [2.75, 3.05) is 31.1 Å². The van der Waals surface area contributed by atoms with Crippen LogP contribution < -0.4 is 4.90 Å². The van der Waals surface area contributed by atoms with Gasteiger partial charge in [-0.15, -0.1) is 0 Å². The second-order valence-corrected chi connectivity index (χ2v) is 6.75. The topological polar surface area (TPSA) is 23.6 Å². The molecule has 0 bridgehead atoms. The Morgan fingerprint density at radius 1 is 1.00 bits per heavy atom. The van der Waals surface area contributed by atoms with Gasteiger partial charge in [-0.2, -0.15) is 0 Å². The summed E-state index contributed by atoms with van der Waals surface area (Å²) in [5.74, 6) is -2.20. The van der Waals surface area contributed by atoms with Crippen molar-refractivity contribution in [3.8, 4) is 0 Å². The number of aryl methyl sites for hydroxylation is 1. The average molecular weight is 395 g/mol. The summed E-state index contributed by atoms with van der Waals surface area (Å²) in [6.07, 6.45) is 0. The number of hydrogen-bond donors (Lipinski definition) is 0. The lowest BCUT2D eigenvalue weighted by atomic mass is 10.1. The monoisotopic (exact) mass is 394 g/mol. The minimum atomic E-state index is -0.995. The summed E-state index contributed by atoms with van der Waals surface area (Å²) in [4.78, 5) is 16.3. The number of nitrogens with zero attached hydrogens (tertiary/aromatic N) is 2. The molecule has 1 aliphatic rings. The molecule has 0 N–H and O–H groups in total. The van der Waals surface area contributed by atoms with E-state index in [1.54, 1.807) is 4.90 Å².